The van der Waals surface area contributed by atoms with E-state index in [9.17, 15) is 49.1 Å². The van der Waals surface area contributed by atoms with Crippen molar-refractivity contribution in [3.05, 3.63) is 74.8 Å². The third-order valence-electron chi connectivity index (χ3n) is 4.93. The fourth-order valence-electron chi connectivity index (χ4n) is 3.10. The van der Waals surface area contributed by atoms with Crippen LogP contribution in [0.5, 0.6) is 0 Å². The molecule has 38 heavy (non-hydrogen) atoms. The number of carbonyl (C=O) groups excluding carboxylic acids is 2. The second kappa shape index (κ2) is 11.9. The summed E-state index contributed by atoms with van der Waals surface area (Å²) in [5, 5.41) is 3.16. The largest absolute Gasteiger partial charge is 0.417 e. The normalized spacial score (nSPS) is 14.3. The van der Waals surface area contributed by atoms with E-state index in [2.05, 4.69) is 0 Å². The number of carbonyl (C=O) groups is 2. The number of benzene rings is 2. The summed E-state index contributed by atoms with van der Waals surface area (Å²) >= 11 is 11.5. The zero-order valence-corrected chi connectivity index (χ0v) is 20.5. The molecule has 2 atom stereocenters. The van der Waals surface area contributed by atoms with Gasteiger partial charge < -0.3 is 10.6 Å². The van der Waals surface area contributed by atoms with E-state index in [0.29, 0.717) is 18.2 Å². The Hall–Kier alpha value is -2.93. The summed E-state index contributed by atoms with van der Waals surface area (Å²) in [5.41, 5.74) is -3.22. The number of allylic oxidation sites excluding steroid dienone is 1. The first-order chi connectivity index (χ1) is 17.3. The predicted molar refractivity (Wildman–Crippen MR) is 122 cm³/mol. The first kappa shape index (κ1) is 31.3. The molecule has 15 heteroatoms. The molecule has 1 unspecified atom stereocenters. The molecule has 0 fully saturated rings. The molecular weight excluding hydrogens is 578 g/mol. The molecular formula is C23H17Cl2F9N2O2. The Kier molecular flexibility index (Phi) is 9.76. The van der Waals surface area contributed by atoms with Gasteiger partial charge in [-0.25, -0.2) is 0 Å². The van der Waals surface area contributed by atoms with Crippen molar-refractivity contribution >= 4 is 41.1 Å². The van der Waals surface area contributed by atoms with Gasteiger partial charge in [0.25, 0.3) is 5.91 Å². The van der Waals surface area contributed by atoms with Gasteiger partial charge in [-0.3, -0.25) is 9.59 Å². The average Bonchev–Trinajstić information content (AvgIpc) is 2.77. The van der Waals surface area contributed by atoms with Crippen molar-refractivity contribution in [1.29, 1.82) is 0 Å². The molecule has 2 rings (SSSR count). The second-order valence-corrected chi connectivity index (χ2v) is 8.70. The summed E-state index contributed by atoms with van der Waals surface area (Å²) in [5.74, 6) is -5.00. The maximum atomic E-state index is 13.7. The smallest absolute Gasteiger partial charge is 0.345 e. The van der Waals surface area contributed by atoms with Gasteiger partial charge in [0.05, 0.1) is 27.1 Å². The van der Waals surface area contributed by atoms with Crippen LogP contribution in [0.1, 0.15) is 39.9 Å². The van der Waals surface area contributed by atoms with Crippen LogP contribution in [0.3, 0.4) is 0 Å². The Morgan fingerprint density at radius 3 is 2.08 bits per heavy atom. The molecule has 0 heterocycles. The number of amides is 2. The van der Waals surface area contributed by atoms with Crippen LogP contribution in [0.4, 0.5) is 39.5 Å². The highest BCUT2D eigenvalue weighted by Crippen LogP contribution is 2.39. The van der Waals surface area contributed by atoms with Crippen molar-refractivity contribution < 1.29 is 49.1 Å². The van der Waals surface area contributed by atoms with Gasteiger partial charge in [-0.15, -0.1) is 0 Å². The highest BCUT2D eigenvalue weighted by Gasteiger charge is 2.39. The van der Waals surface area contributed by atoms with E-state index in [0.717, 1.165) is 37.3 Å². The zero-order chi connectivity index (χ0) is 29.1. The van der Waals surface area contributed by atoms with E-state index in [4.69, 9.17) is 23.2 Å². The third kappa shape index (κ3) is 8.83. The molecule has 2 N–H and O–H groups in total. The fourth-order valence-corrected chi connectivity index (χ4v) is 3.41. The molecule has 0 aliphatic carbocycles. The van der Waals surface area contributed by atoms with E-state index in [1.807, 2.05) is 5.32 Å². The average molecular weight is 595 g/mol. The third-order valence-corrected chi connectivity index (χ3v) is 5.67. The van der Waals surface area contributed by atoms with Gasteiger partial charge in [-0.1, -0.05) is 47.5 Å². The van der Waals surface area contributed by atoms with Crippen LogP contribution in [-0.2, 0) is 11.0 Å². The number of hydrogen-bond donors (Lipinski definition) is 2. The van der Waals surface area contributed by atoms with Crippen molar-refractivity contribution in [2.24, 2.45) is 0 Å². The fraction of sp³-hybridized carbons (Fsp3) is 0.304. The molecule has 0 aliphatic heterocycles. The molecule has 2 aromatic carbocycles. The summed E-state index contributed by atoms with van der Waals surface area (Å²) in [7, 11) is 0. The minimum Gasteiger partial charge on any atom is -0.345 e. The van der Waals surface area contributed by atoms with Crippen LogP contribution in [0.2, 0.25) is 10.0 Å². The van der Waals surface area contributed by atoms with Gasteiger partial charge in [-0.2, -0.15) is 39.5 Å². The molecule has 2 aromatic rings. The molecule has 4 nitrogen and oxygen atoms in total. The van der Waals surface area contributed by atoms with Gasteiger partial charge in [0, 0.05) is 0 Å². The van der Waals surface area contributed by atoms with Crippen LogP contribution >= 0.6 is 23.2 Å². The molecule has 0 aromatic heterocycles. The number of halogens is 11. The SMILES string of the molecule is C[C@@H](NC(=O)c1ccc(/C=C/C(c2ccc(Cl)c(Cl)c2)C(F)(F)F)cc1C(F)(F)F)C(=O)NCC(F)(F)F. The lowest BCUT2D eigenvalue weighted by molar-refractivity contribution is -0.139. The van der Waals surface area contributed by atoms with E-state index < -0.39 is 60.0 Å². The maximum absolute atomic E-state index is 13.7. The van der Waals surface area contributed by atoms with E-state index in [-0.39, 0.29) is 21.2 Å². The Bertz CT molecular complexity index is 1210. The highest BCUT2D eigenvalue weighted by atomic mass is 35.5. The summed E-state index contributed by atoms with van der Waals surface area (Å²) in [4.78, 5) is 24.1. The lowest BCUT2D eigenvalue weighted by atomic mass is 9.96. The predicted octanol–water partition coefficient (Wildman–Crippen LogP) is 7.17. The van der Waals surface area contributed by atoms with Crippen molar-refractivity contribution in [2.75, 3.05) is 6.54 Å². The lowest BCUT2D eigenvalue weighted by Gasteiger charge is -2.19. The van der Waals surface area contributed by atoms with Crippen LogP contribution in [0, 0.1) is 0 Å². The van der Waals surface area contributed by atoms with E-state index >= 15 is 0 Å². The molecule has 0 aliphatic rings. The molecule has 2 amide bonds. The van der Waals surface area contributed by atoms with Crippen molar-refractivity contribution in [3.63, 3.8) is 0 Å². The lowest BCUT2D eigenvalue weighted by Crippen LogP contribution is -2.47. The van der Waals surface area contributed by atoms with Crippen LogP contribution < -0.4 is 10.6 Å². The Morgan fingerprint density at radius 2 is 1.55 bits per heavy atom. The molecule has 208 valence electrons. The summed E-state index contributed by atoms with van der Waals surface area (Å²) in [6, 6.07) is 3.53. The molecule has 0 bridgehead atoms. The van der Waals surface area contributed by atoms with Gasteiger partial charge >= 0.3 is 18.5 Å². The summed E-state index contributed by atoms with van der Waals surface area (Å²) in [6.07, 6.45) is -13.4. The molecule has 0 saturated carbocycles. The van der Waals surface area contributed by atoms with E-state index in [1.165, 1.54) is 5.32 Å². The molecule has 0 saturated heterocycles. The number of nitrogens with one attached hydrogen (secondary N) is 2. The Balaban J connectivity index is 2.34. The van der Waals surface area contributed by atoms with Crippen molar-refractivity contribution in [1.82, 2.24) is 10.6 Å². The van der Waals surface area contributed by atoms with Crippen molar-refractivity contribution in [2.45, 2.75) is 37.4 Å². The Labute approximate surface area is 219 Å². The zero-order valence-electron chi connectivity index (χ0n) is 19.0. The minimum atomic E-state index is -5.15. The summed E-state index contributed by atoms with van der Waals surface area (Å²) < 4.78 is 119. The standard InChI is InChI=1S/C23H17Cl2F9N2O2/c1-11(19(37)35-10-21(26,27)28)36-20(38)14-5-2-12(8-16(14)23(32,33)34)3-6-15(22(29,30)31)13-4-7-17(24)18(25)9-13/h2-9,11,15H,10H2,1H3,(H,35,37)(H,36,38)/b6-3+/t11-,15?/m1/s1. The van der Waals surface area contributed by atoms with Crippen LogP contribution in [0.25, 0.3) is 6.08 Å². The monoisotopic (exact) mass is 594 g/mol. The number of hydrogen-bond acceptors (Lipinski definition) is 2. The van der Waals surface area contributed by atoms with Crippen molar-refractivity contribution in [3.8, 4) is 0 Å². The van der Waals surface area contributed by atoms with Gasteiger partial charge in [-0.05, 0) is 42.3 Å². The number of alkyl halides is 9. The minimum absolute atomic E-state index is 0.00356. The highest BCUT2D eigenvalue weighted by molar-refractivity contribution is 6.42. The van der Waals surface area contributed by atoms with Crippen LogP contribution in [-0.4, -0.2) is 36.8 Å². The summed E-state index contributed by atoms with van der Waals surface area (Å²) in [6.45, 7) is -0.768. The van der Waals surface area contributed by atoms with Gasteiger partial charge in [0.15, 0.2) is 0 Å². The first-order valence-corrected chi connectivity index (χ1v) is 11.1. The number of rotatable bonds is 7. The van der Waals surface area contributed by atoms with Gasteiger partial charge in [0.1, 0.15) is 12.6 Å². The van der Waals surface area contributed by atoms with Crippen LogP contribution in [0.15, 0.2) is 42.5 Å². The topological polar surface area (TPSA) is 58.2 Å². The van der Waals surface area contributed by atoms with Gasteiger partial charge in [0.2, 0.25) is 5.91 Å². The molecule has 0 spiro atoms. The van der Waals surface area contributed by atoms with E-state index in [1.54, 1.807) is 0 Å². The second-order valence-electron chi connectivity index (χ2n) is 7.88. The Morgan fingerprint density at radius 1 is 0.921 bits per heavy atom. The molecule has 0 radical (unpaired) electrons. The quantitative estimate of drug-likeness (QED) is 0.334. The maximum Gasteiger partial charge on any atom is 0.417 e. The first-order valence-electron chi connectivity index (χ1n) is 10.4.